The van der Waals surface area contributed by atoms with Crippen molar-refractivity contribution in [2.24, 2.45) is 11.8 Å². The van der Waals surface area contributed by atoms with E-state index in [0.29, 0.717) is 50.0 Å². The SMILES string of the molecule is OCc1cc([C@@H](O)CNCCCOc2ccc(OCCC[N+]34CCC(CC3)[C@@H](OC[C@@](O)(c3ccccc3)C3CCCC3)C4)cc2)ccc1O. The molecule has 4 fully saturated rings. The molecule has 3 aromatic rings. The molecule has 7 rings (SSSR count). The van der Waals surface area contributed by atoms with Crippen LogP contribution in [0.1, 0.15) is 74.2 Å². The summed E-state index contributed by atoms with van der Waals surface area (Å²) in [6.07, 6.45) is 8.17. The Bertz CT molecular complexity index is 1460. The summed E-state index contributed by atoms with van der Waals surface area (Å²) in [7, 11) is 0. The molecule has 9 heteroatoms. The molecule has 2 bridgehead atoms. The molecular weight excluding hydrogens is 632 g/mol. The van der Waals surface area contributed by atoms with Crippen molar-refractivity contribution >= 4 is 0 Å². The molecule has 3 saturated heterocycles. The summed E-state index contributed by atoms with van der Waals surface area (Å²) in [6, 6.07) is 22.8. The highest BCUT2D eigenvalue weighted by atomic mass is 16.5. The third-order valence-electron chi connectivity index (χ3n) is 11.5. The molecule has 9 nitrogen and oxygen atoms in total. The quantitative estimate of drug-likeness (QED) is 0.0833. The van der Waals surface area contributed by atoms with Crippen molar-refractivity contribution in [1.29, 1.82) is 0 Å². The monoisotopic (exact) mass is 689 g/mol. The zero-order valence-corrected chi connectivity index (χ0v) is 29.4. The van der Waals surface area contributed by atoms with Crippen LogP contribution in [0.25, 0.3) is 0 Å². The molecule has 50 heavy (non-hydrogen) atoms. The molecule has 3 aliphatic heterocycles. The zero-order chi connectivity index (χ0) is 34.8. The average molecular weight is 690 g/mol. The van der Waals surface area contributed by atoms with E-state index in [0.717, 1.165) is 60.3 Å². The van der Waals surface area contributed by atoms with Crippen molar-refractivity contribution in [2.45, 2.75) is 75.8 Å². The molecular formula is C41H57N2O7+. The van der Waals surface area contributed by atoms with Crippen LogP contribution in [0.5, 0.6) is 17.2 Å². The van der Waals surface area contributed by atoms with Crippen LogP contribution in [0, 0.1) is 11.8 Å². The maximum absolute atomic E-state index is 12.0. The molecule has 4 aliphatic rings. The molecule has 1 saturated carbocycles. The van der Waals surface area contributed by atoms with Crippen molar-refractivity contribution in [3.63, 3.8) is 0 Å². The molecule has 0 spiro atoms. The first-order valence-electron chi connectivity index (χ1n) is 18.8. The molecule has 0 radical (unpaired) electrons. The van der Waals surface area contributed by atoms with Gasteiger partial charge in [-0.3, -0.25) is 0 Å². The second-order valence-electron chi connectivity index (χ2n) is 14.8. The highest BCUT2D eigenvalue weighted by Crippen LogP contribution is 2.42. The number of aromatic hydroxyl groups is 1. The first kappa shape index (κ1) is 36.6. The van der Waals surface area contributed by atoms with E-state index in [1.54, 1.807) is 12.1 Å². The molecule has 1 aliphatic carbocycles. The van der Waals surface area contributed by atoms with Crippen molar-refractivity contribution in [3.8, 4) is 17.2 Å². The van der Waals surface area contributed by atoms with Crippen LogP contribution in [0.4, 0.5) is 0 Å². The minimum Gasteiger partial charge on any atom is -0.508 e. The van der Waals surface area contributed by atoms with E-state index >= 15 is 0 Å². The number of benzene rings is 3. The second-order valence-corrected chi connectivity index (χ2v) is 14.8. The van der Waals surface area contributed by atoms with E-state index in [9.17, 15) is 20.4 Å². The first-order chi connectivity index (χ1) is 24.4. The summed E-state index contributed by atoms with van der Waals surface area (Å²) in [6.45, 7) is 6.94. The number of nitrogens with one attached hydrogen (secondary N) is 1. The highest BCUT2D eigenvalue weighted by molar-refractivity contribution is 5.36. The predicted molar refractivity (Wildman–Crippen MR) is 193 cm³/mol. The molecule has 0 aromatic heterocycles. The summed E-state index contributed by atoms with van der Waals surface area (Å²) in [5.41, 5.74) is 1.15. The minimum atomic E-state index is -0.909. The molecule has 0 unspecified atom stereocenters. The van der Waals surface area contributed by atoms with E-state index in [2.05, 4.69) is 17.4 Å². The van der Waals surface area contributed by atoms with Gasteiger partial charge in [-0.1, -0.05) is 49.2 Å². The van der Waals surface area contributed by atoms with E-state index in [1.807, 2.05) is 42.5 Å². The Labute approximate surface area is 297 Å². The van der Waals surface area contributed by atoms with Crippen LogP contribution < -0.4 is 14.8 Å². The second kappa shape index (κ2) is 17.4. The Balaban J connectivity index is 0.878. The fourth-order valence-corrected chi connectivity index (χ4v) is 8.43. The average Bonchev–Trinajstić information content (AvgIpc) is 3.71. The molecule has 3 atom stereocenters. The van der Waals surface area contributed by atoms with Gasteiger partial charge in [0.15, 0.2) is 0 Å². The van der Waals surface area contributed by atoms with E-state index in [4.69, 9.17) is 14.2 Å². The number of ether oxygens (including phenoxy) is 3. The van der Waals surface area contributed by atoms with Gasteiger partial charge in [-0.25, -0.2) is 0 Å². The van der Waals surface area contributed by atoms with Crippen LogP contribution in [-0.2, 0) is 16.9 Å². The van der Waals surface area contributed by atoms with E-state index in [-0.39, 0.29) is 24.4 Å². The summed E-state index contributed by atoms with van der Waals surface area (Å²) in [5, 5.41) is 44.7. The third kappa shape index (κ3) is 9.18. The van der Waals surface area contributed by atoms with Gasteiger partial charge in [0.25, 0.3) is 0 Å². The lowest BCUT2D eigenvalue weighted by atomic mass is 9.80. The van der Waals surface area contributed by atoms with Gasteiger partial charge in [-0.15, -0.1) is 0 Å². The number of aliphatic hydroxyl groups excluding tert-OH is 2. The first-order valence-corrected chi connectivity index (χ1v) is 18.8. The number of nitrogens with zero attached hydrogens (tertiary/aromatic N) is 1. The lowest BCUT2D eigenvalue weighted by Gasteiger charge is -2.53. The fourth-order valence-electron chi connectivity index (χ4n) is 8.43. The number of fused-ring (bicyclic) bond motifs is 3. The summed E-state index contributed by atoms with van der Waals surface area (Å²) < 4.78 is 19.8. The summed E-state index contributed by atoms with van der Waals surface area (Å²) in [4.78, 5) is 0. The van der Waals surface area contributed by atoms with Crippen LogP contribution in [0.3, 0.4) is 0 Å². The Morgan fingerprint density at radius 1 is 0.860 bits per heavy atom. The van der Waals surface area contributed by atoms with Gasteiger partial charge < -0.3 is 44.4 Å². The molecule has 3 heterocycles. The molecule has 0 amide bonds. The number of hydrogen-bond acceptors (Lipinski definition) is 8. The Morgan fingerprint density at radius 2 is 1.54 bits per heavy atom. The fraction of sp³-hybridized carbons (Fsp3) is 0.561. The van der Waals surface area contributed by atoms with Crippen molar-refractivity contribution in [3.05, 3.63) is 89.5 Å². The Kier molecular flexibility index (Phi) is 12.7. The maximum Gasteiger partial charge on any atom is 0.121 e. The summed E-state index contributed by atoms with van der Waals surface area (Å²) >= 11 is 0. The topological polar surface area (TPSA) is 121 Å². The molecule has 5 N–H and O–H groups in total. The lowest BCUT2D eigenvalue weighted by molar-refractivity contribution is -0.946. The van der Waals surface area contributed by atoms with Crippen LogP contribution >= 0.6 is 0 Å². The van der Waals surface area contributed by atoms with E-state index < -0.39 is 11.7 Å². The highest BCUT2D eigenvalue weighted by Gasteiger charge is 2.48. The van der Waals surface area contributed by atoms with Gasteiger partial charge in [0.2, 0.25) is 0 Å². The predicted octanol–water partition coefficient (Wildman–Crippen LogP) is 5.45. The maximum atomic E-state index is 12.0. The largest absolute Gasteiger partial charge is 0.508 e. The Hall–Kier alpha value is -3.18. The number of piperidine rings is 3. The van der Waals surface area contributed by atoms with Crippen LogP contribution in [0.15, 0.2) is 72.8 Å². The number of aliphatic hydroxyl groups is 3. The van der Waals surface area contributed by atoms with Crippen LogP contribution in [0.2, 0.25) is 0 Å². The van der Waals surface area contributed by atoms with Gasteiger partial charge in [0.05, 0.1) is 52.2 Å². The van der Waals surface area contributed by atoms with E-state index in [1.165, 1.54) is 44.8 Å². The number of phenols is 1. The number of rotatable bonds is 19. The van der Waals surface area contributed by atoms with Gasteiger partial charge in [-0.2, -0.15) is 0 Å². The molecule has 272 valence electrons. The number of quaternary nitrogens is 1. The molecule has 3 aromatic carbocycles. The third-order valence-corrected chi connectivity index (χ3v) is 11.5. The smallest absolute Gasteiger partial charge is 0.121 e. The minimum absolute atomic E-state index is 0.0263. The Morgan fingerprint density at radius 3 is 2.22 bits per heavy atom. The van der Waals surface area contributed by atoms with Crippen LogP contribution in [-0.4, -0.2) is 90.1 Å². The standard InChI is InChI=1S/C41H56N2O7/c44-29-33-26-32(12-17-38(33)45)39(46)27-42-20-6-24-48-36-13-15-37(16-14-36)49-25-7-21-43-22-18-31(19-23-43)40(28-43)50-30-41(47,35-10-4-5-11-35)34-8-2-1-3-9-34/h1-3,8-9,12-17,26,31,35,39-40,42,44,46-47H,4-7,10-11,18-25,27-30H2/p+1/t31?,39-,40-,41+,43?/m0/s1. The number of hydrogen-bond donors (Lipinski definition) is 5. The van der Waals surface area contributed by atoms with Crippen molar-refractivity contribution in [1.82, 2.24) is 5.32 Å². The normalized spacial score (nSPS) is 23.8. The van der Waals surface area contributed by atoms with Gasteiger partial charge in [0, 0.05) is 37.3 Å². The van der Waals surface area contributed by atoms with Gasteiger partial charge >= 0.3 is 0 Å². The zero-order valence-electron chi connectivity index (χ0n) is 29.4. The summed E-state index contributed by atoms with van der Waals surface area (Å²) in [5.74, 6) is 2.53. The lowest BCUT2D eigenvalue weighted by Crippen LogP contribution is -2.65. The van der Waals surface area contributed by atoms with Gasteiger partial charge in [-0.05, 0) is 79.3 Å². The van der Waals surface area contributed by atoms with Crippen molar-refractivity contribution in [2.75, 3.05) is 59.1 Å². The van der Waals surface area contributed by atoms with Crippen molar-refractivity contribution < 1.29 is 39.1 Å². The van der Waals surface area contributed by atoms with Gasteiger partial charge in [0.1, 0.15) is 35.5 Å².